The molecule has 1 aromatic heterocycles. The normalized spacial score (nSPS) is 15.0. The van der Waals surface area contributed by atoms with Crippen molar-refractivity contribution < 1.29 is 17.6 Å². The number of amides is 1. The zero-order valence-corrected chi connectivity index (χ0v) is 17.4. The summed E-state index contributed by atoms with van der Waals surface area (Å²) in [6, 6.07) is 10.3. The number of rotatable bonds is 6. The Bertz CT molecular complexity index is 1160. The van der Waals surface area contributed by atoms with Crippen molar-refractivity contribution in [2.75, 3.05) is 18.4 Å². The van der Waals surface area contributed by atoms with Gasteiger partial charge in [-0.3, -0.25) is 4.79 Å². The zero-order valence-electron chi connectivity index (χ0n) is 16.6. The van der Waals surface area contributed by atoms with E-state index >= 15 is 0 Å². The lowest BCUT2D eigenvalue weighted by atomic mass is 10.1. The van der Waals surface area contributed by atoms with Gasteiger partial charge in [0.05, 0.1) is 22.7 Å². The van der Waals surface area contributed by atoms with Crippen molar-refractivity contribution in [2.45, 2.75) is 30.6 Å². The number of aromatic nitrogens is 4. The summed E-state index contributed by atoms with van der Waals surface area (Å²) in [4.78, 5) is 12.6. The molecule has 0 atom stereocenters. The molecule has 0 spiro atoms. The quantitative estimate of drug-likeness (QED) is 0.624. The molecular formula is C20H21FN6O3S. The molecule has 1 N–H and O–H groups in total. The highest BCUT2D eigenvalue weighted by Gasteiger charge is 2.25. The first-order chi connectivity index (χ1) is 14.9. The molecule has 1 saturated heterocycles. The van der Waals surface area contributed by atoms with Gasteiger partial charge in [-0.25, -0.2) is 17.5 Å². The van der Waals surface area contributed by atoms with E-state index in [9.17, 15) is 17.6 Å². The number of sulfonamides is 1. The van der Waals surface area contributed by atoms with Crippen LogP contribution in [0.3, 0.4) is 0 Å². The molecule has 1 amide bonds. The summed E-state index contributed by atoms with van der Waals surface area (Å²) >= 11 is 0. The largest absolute Gasteiger partial charge is 0.323 e. The molecule has 31 heavy (non-hydrogen) atoms. The maximum Gasteiger partial charge on any atom is 0.243 e. The van der Waals surface area contributed by atoms with E-state index in [1.54, 1.807) is 12.1 Å². The lowest BCUT2D eigenvalue weighted by molar-refractivity contribution is -0.115. The highest BCUT2D eigenvalue weighted by atomic mass is 32.2. The fourth-order valence-electron chi connectivity index (χ4n) is 3.44. The molecule has 2 heterocycles. The van der Waals surface area contributed by atoms with E-state index in [1.807, 2.05) is 0 Å². The van der Waals surface area contributed by atoms with Gasteiger partial charge in [0, 0.05) is 13.1 Å². The van der Waals surface area contributed by atoms with E-state index < -0.39 is 21.7 Å². The van der Waals surface area contributed by atoms with Gasteiger partial charge in [0.15, 0.2) is 0 Å². The topological polar surface area (TPSA) is 110 Å². The fourth-order valence-corrected chi connectivity index (χ4v) is 4.96. The number of benzene rings is 2. The lowest BCUT2D eigenvalue weighted by Gasteiger charge is -2.25. The number of carbonyl (C=O) groups excluding carboxylic acids is 1. The molecular weight excluding hydrogens is 423 g/mol. The van der Waals surface area contributed by atoms with Gasteiger partial charge >= 0.3 is 0 Å². The number of piperidine rings is 1. The first kappa shape index (κ1) is 21.1. The molecule has 11 heteroatoms. The maximum absolute atomic E-state index is 14.1. The van der Waals surface area contributed by atoms with E-state index in [-0.39, 0.29) is 17.0 Å². The van der Waals surface area contributed by atoms with Crippen LogP contribution in [-0.2, 0) is 21.2 Å². The van der Waals surface area contributed by atoms with Gasteiger partial charge in [-0.05, 0) is 59.2 Å². The minimum absolute atomic E-state index is 0.00213. The van der Waals surface area contributed by atoms with Crippen molar-refractivity contribution in [2.24, 2.45) is 0 Å². The van der Waals surface area contributed by atoms with Gasteiger partial charge in [-0.2, -0.15) is 4.31 Å². The lowest BCUT2D eigenvalue weighted by Crippen LogP contribution is -2.35. The fraction of sp³-hybridized carbons (Fsp3) is 0.300. The standard InChI is InChI=1S/C20H21FN6O3S/c21-18-9-6-16(27-14-22-24-25-27)13-19(18)23-20(28)12-15-4-7-17(8-5-15)31(29,30)26-10-2-1-3-11-26/h4-9,13-14H,1-3,10-12H2,(H,23,28). The van der Waals surface area contributed by atoms with Crippen LogP contribution in [0, 0.1) is 5.82 Å². The summed E-state index contributed by atoms with van der Waals surface area (Å²) in [5, 5.41) is 13.3. The van der Waals surface area contributed by atoms with Crippen LogP contribution >= 0.6 is 0 Å². The van der Waals surface area contributed by atoms with Crippen LogP contribution < -0.4 is 5.32 Å². The van der Waals surface area contributed by atoms with Gasteiger partial charge in [-0.15, -0.1) is 5.10 Å². The average molecular weight is 444 g/mol. The van der Waals surface area contributed by atoms with Crippen LogP contribution in [0.4, 0.5) is 10.1 Å². The highest BCUT2D eigenvalue weighted by molar-refractivity contribution is 7.89. The van der Waals surface area contributed by atoms with Crippen molar-refractivity contribution in [3.8, 4) is 5.69 Å². The molecule has 9 nitrogen and oxygen atoms in total. The molecule has 0 unspecified atom stereocenters. The summed E-state index contributed by atoms with van der Waals surface area (Å²) in [7, 11) is -3.52. The molecule has 1 aliphatic heterocycles. The molecule has 1 fully saturated rings. The Kier molecular flexibility index (Phi) is 6.05. The minimum atomic E-state index is -3.52. The second-order valence-corrected chi connectivity index (χ2v) is 9.19. The number of hydrogen-bond acceptors (Lipinski definition) is 6. The number of tetrazole rings is 1. The second kappa shape index (κ2) is 8.90. The molecule has 3 aromatic rings. The molecule has 0 bridgehead atoms. The Balaban J connectivity index is 1.43. The first-order valence-electron chi connectivity index (χ1n) is 9.85. The minimum Gasteiger partial charge on any atom is -0.323 e. The number of hydrogen-bond donors (Lipinski definition) is 1. The summed E-state index contributed by atoms with van der Waals surface area (Å²) in [6.07, 6.45) is 4.10. The van der Waals surface area contributed by atoms with E-state index in [2.05, 4.69) is 20.8 Å². The first-order valence-corrected chi connectivity index (χ1v) is 11.3. The third kappa shape index (κ3) is 4.78. The molecule has 0 saturated carbocycles. The highest BCUT2D eigenvalue weighted by Crippen LogP contribution is 2.22. The van der Waals surface area contributed by atoms with Gasteiger partial charge in [0.1, 0.15) is 12.1 Å². The predicted molar refractivity (Wildman–Crippen MR) is 110 cm³/mol. The van der Waals surface area contributed by atoms with Crippen molar-refractivity contribution in [3.63, 3.8) is 0 Å². The molecule has 0 aliphatic carbocycles. The number of carbonyl (C=O) groups is 1. The van der Waals surface area contributed by atoms with Gasteiger partial charge < -0.3 is 5.32 Å². The van der Waals surface area contributed by atoms with Gasteiger partial charge in [0.25, 0.3) is 0 Å². The Morgan fingerprint density at radius 3 is 2.48 bits per heavy atom. The van der Waals surface area contributed by atoms with Crippen LogP contribution in [0.15, 0.2) is 53.7 Å². The predicted octanol–water partition coefficient (Wildman–Crippen LogP) is 2.16. The smallest absolute Gasteiger partial charge is 0.243 e. The molecule has 162 valence electrons. The maximum atomic E-state index is 14.1. The Hall–Kier alpha value is -3.18. The molecule has 0 radical (unpaired) electrons. The Morgan fingerprint density at radius 1 is 1.06 bits per heavy atom. The third-order valence-electron chi connectivity index (χ3n) is 5.08. The van der Waals surface area contributed by atoms with Gasteiger partial charge in [0.2, 0.25) is 15.9 Å². The molecule has 2 aromatic carbocycles. The number of halogens is 1. The summed E-state index contributed by atoms with van der Waals surface area (Å²) in [5.41, 5.74) is 1.11. The Labute approximate surface area is 178 Å². The number of anilines is 1. The summed E-state index contributed by atoms with van der Waals surface area (Å²) in [5.74, 6) is -1.02. The summed E-state index contributed by atoms with van der Waals surface area (Å²) < 4.78 is 42.4. The second-order valence-electron chi connectivity index (χ2n) is 7.25. The van der Waals surface area contributed by atoms with E-state index in [1.165, 1.54) is 45.6 Å². The molecule has 1 aliphatic rings. The zero-order chi connectivity index (χ0) is 21.8. The average Bonchev–Trinajstić information content (AvgIpc) is 3.31. The molecule has 4 rings (SSSR count). The van der Waals surface area contributed by atoms with Crippen molar-refractivity contribution >= 4 is 21.6 Å². The summed E-state index contributed by atoms with van der Waals surface area (Å²) in [6.45, 7) is 1.06. The van der Waals surface area contributed by atoms with Crippen LogP contribution in [0.5, 0.6) is 0 Å². The van der Waals surface area contributed by atoms with E-state index in [0.717, 1.165) is 19.3 Å². The van der Waals surface area contributed by atoms with Crippen molar-refractivity contribution in [1.82, 2.24) is 24.5 Å². The van der Waals surface area contributed by atoms with E-state index in [4.69, 9.17) is 0 Å². The number of nitrogens with zero attached hydrogens (tertiary/aromatic N) is 5. The van der Waals surface area contributed by atoms with Crippen molar-refractivity contribution in [1.29, 1.82) is 0 Å². The Morgan fingerprint density at radius 2 is 1.81 bits per heavy atom. The third-order valence-corrected chi connectivity index (χ3v) is 6.99. The SMILES string of the molecule is O=C(Cc1ccc(S(=O)(=O)N2CCCCC2)cc1)Nc1cc(-n2cnnn2)ccc1F. The van der Waals surface area contributed by atoms with E-state index in [0.29, 0.717) is 24.3 Å². The van der Waals surface area contributed by atoms with Gasteiger partial charge in [-0.1, -0.05) is 18.6 Å². The van der Waals surface area contributed by atoms with Crippen LogP contribution in [0.25, 0.3) is 5.69 Å². The number of nitrogens with one attached hydrogen (secondary N) is 1. The van der Waals surface area contributed by atoms with Crippen LogP contribution in [0.2, 0.25) is 0 Å². The van der Waals surface area contributed by atoms with Crippen molar-refractivity contribution in [3.05, 3.63) is 60.2 Å². The monoisotopic (exact) mass is 444 g/mol. The van der Waals surface area contributed by atoms with Crippen LogP contribution in [-0.4, -0.2) is 51.9 Å². The van der Waals surface area contributed by atoms with Crippen LogP contribution in [0.1, 0.15) is 24.8 Å².